The molecule has 3 aliphatic heterocycles. The van der Waals surface area contributed by atoms with E-state index in [2.05, 4.69) is 15.3 Å². The van der Waals surface area contributed by atoms with E-state index in [0.29, 0.717) is 30.8 Å². The molecule has 372 valence electrons. The van der Waals surface area contributed by atoms with Gasteiger partial charge in [-0.05, 0) is 84.8 Å². The lowest BCUT2D eigenvalue weighted by Crippen LogP contribution is -2.65. The molecular formula is C49H68N6O13. The Labute approximate surface area is 397 Å². The summed E-state index contributed by atoms with van der Waals surface area (Å²) in [6.07, 6.45) is -3.78. The third kappa shape index (κ3) is 11.0. The average molecular weight is 949 g/mol. The Hall–Kier alpha value is -5.18. The average Bonchev–Trinajstić information content (AvgIpc) is 3.91. The summed E-state index contributed by atoms with van der Waals surface area (Å²) in [5.41, 5.74) is -1.34. The van der Waals surface area contributed by atoms with Gasteiger partial charge in [-0.2, -0.15) is 0 Å². The van der Waals surface area contributed by atoms with Gasteiger partial charge in [0, 0.05) is 44.1 Å². The number of hydrogen-bond acceptors (Lipinski definition) is 17. The number of esters is 2. The molecule has 0 saturated carbocycles. The maximum absolute atomic E-state index is 14.9. The summed E-state index contributed by atoms with van der Waals surface area (Å²) in [5, 5.41) is 31.7. The van der Waals surface area contributed by atoms with Crippen LogP contribution >= 0.6 is 0 Å². The Kier molecular flexibility index (Phi) is 16.9. The first-order chi connectivity index (χ1) is 32.3. The largest absolute Gasteiger partial charge is 0.459 e. The summed E-state index contributed by atoms with van der Waals surface area (Å²) in [7, 11) is 4.72. The van der Waals surface area contributed by atoms with Crippen LogP contribution in [-0.2, 0) is 49.3 Å². The molecule has 0 radical (unpaired) electrons. The van der Waals surface area contributed by atoms with Crippen molar-refractivity contribution in [1.82, 2.24) is 29.8 Å². The number of fused-ring (bicyclic) bond motifs is 1. The number of likely N-dealkylation sites (N-methyl/N-ethyl adjacent to an activating group) is 1. The number of hydrogen-bond donors (Lipinski definition) is 2. The number of aliphatic hydroxyl groups excluding tert-OH is 2. The topological polar surface area (TPSA) is 231 Å². The number of aromatic nitrogens is 4. The number of methoxy groups -OCH3 is 1. The number of amides is 1. The number of carbonyl (C=O) groups excluding carboxylic acids is 5. The highest BCUT2D eigenvalue weighted by molar-refractivity contribution is 6.00. The molecule has 68 heavy (non-hydrogen) atoms. The van der Waals surface area contributed by atoms with Crippen molar-refractivity contribution >= 4 is 29.6 Å². The summed E-state index contributed by atoms with van der Waals surface area (Å²) in [6, 6.07) is 12.0. The van der Waals surface area contributed by atoms with E-state index in [0.717, 1.165) is 0 Å². The molecule has 0 spiro atoms. The number of aliphatic hydroxyl groups is 2. The van der Waals surface area contributed by atoms with Crippen LogP contribution in [0.5, 0.6) is 0 Å². The summed E-state index contributed by atoms with van der Waals surface area (Å²) in [6.45, 7) is 11.9. The third-order valence-electron chi connectivity index (χ3n) is 14.0. The van der Waals surface area contributed by atoms with Crippen LogP contribution in [0.2, 0.25) is 0 Å². The van der Waals surface area contributed by atoms with Crippen LogP contribution < -0.4 is 0 Å². The van der Waals surface area contributed by atoms with E-state index in [4.69, 9.17) is 28.4 Å². The number of benzene rings is 1. The monoisotopic (exact) mass is 948 g/mol. The minimum absolute atomic E-state index is 0.0116. The van der Waals surface area contributed by atoms with Crippen molar-refractivity contribution in [2.75, 3.05) is 34.4 Å². The number of ketones is 2. The van der Waals surface area contributed by atoms with Crippen LogP contribution in [0, 0.1) is 23.7 Å². The maximum atomic E-state index is 14.9. The van der Waals surface area contributed by atoms with Gasteiger partial charge in [-0.25, -0.2) is 9.59 Å². The van der Waals surface area contributed by atoms with Crippen molar-refractivity contribution < 1.29 is 62.6 Å². The van der Waals surface area contributed by atoms with Crippen molar-refractivity contribution in [3.63, 3.8) is 0 Å². The second kappa shape index (κ2) is 22.1. The molecule has 2 aromatic heterocycles. The number of Topliss-reactive ketones (excluding diaryl/α,β-unsaturated/α-hetero) is 2. The summed E-state index contributed by atoms with van der Waals surface area (Å²) >= 11 is 0. The molecule has 1 amide bonds. The first kappa shape index (κ1) is 52.2. The van der Waals surface area contributed by atoms with Crippen molar-refractivity contribution in [3.05, 3.63) is 66.5 Å². The van der Waals surface area contributed by atoms with Crippen LogP contribution in [0.25, 0.3) is 11.4 Å². The SMILES string of the molecule is CC[C@H]1OC(=O)[C@H](C)C(=O)[C@H](C)[C@@H](O[C@@H]2O[C@H](COC(=O)c3ccccc3)[C@@H](O)[C@H](N(C)C)[C@H]2O)[C@@](C)(OC)C[C@@H](C)C(=O)[C@H](C)[C@H]2N(CCCCn3cc(-c4ccccn4)nn3)C(=O)O[C@]12C. The minimum Gasteiger partial charge on any atom is -0.459 e. The smallest absolute Gasteiger partial charge is 0.410 e. The first-order valence-electron chi connectivity index (χ1n) is 23.5. The minimum atomic E-state index is -1.53. The second-order valence-corrected chi connectivity index (χ2v) is 19.0. The highest BCUT2D eigenvalue weighted by Gasteiger charge is 2.60. The molecule has 3 fully saturated rings. The van der Waals surface area contributed by atoms with E-state index in [9.17, 15) is 34.2 Å². The summed E-state index contributed by atoms with van der Waals surface area (Å²) in [4.78, 5) is 78.0. The molecule has 5 heterocycles. The zero-order valence-electron chi connectivity index (χ0n) is 40.7. The maximum Gasteiger partial charge on any atom is 0.410 e. The number of cyclic esters (lactones) is 1. The normalized spacial score (nSPS) is 34.0. The van der Waals surface area contributed by atoms with Crippen LogP contribution in [-0.4, -0.2) is 164 Å². The van der Waals surface area contributed by atoms with Gasteiger partial charge in [0.2, 0.25) is 0 Å². The Balaban J connectivity index is 1.27. The van der Waals surface area contributed by atoms with Crippen LogP contribution in [0.1, 0.15) is 84.5 Å². The van der Waals surface area contributed by atoms with E-state index in [1.807, 2.05) is 18.2 Å². The molecule has 0 aliphatic carbocycles. The molecule has 3 aliphatic rings. The molecule has 0 bridgehead atoms. The van der Waals surface area contributed by atoms with Gasteiger partial charge >= 0.3 is 18.0 Å². The Morgan fingerprint density at radius 3 is 2.25 bits per heavy atom. The molecule has 6 rings (SSSR count). The number of pyridine rings is 1. The number of aryl methyl sites for hydroxylation is 1. The summed E-state index contributed by atoms with van der Waals surface area (Å²) < 4.78 is 38.6. The predicted molar refractivity (Wildman–Crippen MR) is 244 cm³/mol. The van der Waals surface area contributed by atoms with Gasteiger partial charge in [0.15, 0.2) is 17.7 Å². The third-order valence-corrected chi connectivity index (χ3v) is 14.0. The molecule has 3 aromatic rings. The predicted octanol–water partition coefficient (Wildman–Crippen LogP) is 4.13. The number of ether oxygens (including phenoxy) is 6. The van der Waals surface area contributed by atoms with Gasteiger partial charge < -0.3 is 48.4 Å². The molecule has 19 heteroatoms. The number of carbonyl (C=O) groups is 5. The molecule has 19 nitrogen and oxygen atoms in total. The fourth-order valence-electron chi connectivity index (χ4n) is 10.2. The molecule has 0 unspecified atom stereocenters. The molecule has 3 saturated heterocycles. The van der Waals surface area contributed by atoms with Crippen LogP contribution in [0.4, 0.5) is 4.79 Å². The fraction of sp³-hybridized carbons (Fsp3) is 0.633. The van der Waals surface area contributed by atoms with Crippen molar-refractivity contribution in [2.45, 2.75) is 141 Å². The lowest BCUT2D eigenvalue weighted by atomic mass is 9.73. The zero-order valence-corrected chi connectivity index (χ0v) is 40.7. The lowest BCUT2D eigenvalue weighted by Gasteiger charge is -2.48. The Morgan fingerprint density at radius 1 is 0.912 bits per heavy atom. The molecule has 14 atom stereocenters. The Bertz CT molecular complexity index is 2210. The van der Waals surface area contributed by atoms with Crippen molar-refractivity contribution in [1.29, 1.82) is 0 Å². The molecule has 1 aromatic carbocycles. The van der Waals surface area contributed by atoms with Gasteiger partial charge in [0.1, 0.15) is 48.4 Å². The van der Waals surface area contributed by atoms with E-state index in [-0.39, 0.29) is 30.7 Å². The van der Waals surface area contributed by atoms with E-state index >= 15 is 0 Å². The quantitative estimate of drug-likeness (QED) is 0.100. The number of unbranched alkanes of at least 4 members (excludes halogenated alkanes) is 1. The number of nitrogens with zero attached hydrogens (tertiary/aromatic N) is 6. The van der Waals surface area contributed by atoms with Gasteiger partial charge in [-0.15, -0.1) is 5.10 Å². The number of rotatable bonds is 14. The van der Waals surface area contributed by atoms with E-state index < -0.39 is 114 Å². The van der Waals surface area contributed by atoms with E-state index in [1.165, 1.54) is 14.0 Å². The van der Waals surface area contributed by atoms with Crippen LogP contribution in [0.3, 0.4) is 0 Å². The standard InChI is InChI=1S/C49H68N6O13/c1-11-36-49(7)42(55(47(62)68-49)24-18-17-23-54-26-34(51-52-54)33-21-15-16-22-50-33)29(3)38(56)28(2)25-48(6,63-10)43(30(4)39(57)31(5)44(60)66-36)67-46-41(59)37(53(8)9)40(58)35(65-46)27-64-45(61)32-19-13-12-14-20-32/h12-16,19-22,26,28-31,35-37,40-43,46,58-59H,11,17-18,23-25,27H2,1-10H3/t28-,29+,30+,31-,35-,36-,37+,40-,41-,42-,43-,46+,48+,49-/m1/s1. The van der Waals surface area contributed by atoms with E-state index in [1.54, 1.807) is 113 Å². The van der Waals surface area contributed by atoms with Gasteiger partial charge in [0.05, 0.1) is 41.2 Å². The van der Waals surface area contributed by atoms with Crippen LogP contribution in [0.15, 0.2) is 60.9 Å². The zero-order chi connectivity index (χ0) is 49.7. The van der Waals surface area contributed by atoms with Gasteiger partial charge in [0.25, 0.3) is 0 Å². The lowest BCUT2D eigenvalue weighted by molar-refractivity contribution is -0.319. The van der Waals surface area contributed by atoms with Gasteiger partial charge in [-0.3, -0.25) is 24.0 Å². The fourth-order valence-corrected chi connectivity index (χ4v) is 10.2. The first-order valence-corrected chi connectivity index (χ1v) is 23.5. The Morgan fingerprint density at radius 2 is 1.60 bits per heavy atom. The van der Waals surface area contributed by atoms with Gasteiger partial charge in [-0.1, -0.05) is 57.2 Å². The molecular weight excluding hydrogens is 881 g/mol. The second-order valence-electron chi connectivity index (χ2n) is 19.0. The highest BCUT2D eigenvalue weighted by atomic mass is 16.7. The summed E-state index contributed by atoms with van der Waals surface area (Å²) in [5.74, 6) is -6.46. The van der Waals surface area contributed by atoms with Crippen molar-refractivity contribution in [3.8, 4) is 11.4 Å². The molecule has 2 N–H and O–H groups in total. The van der Waals surface area contributed by atoms with Crippen molar-refractivity contribution in [2.24, 2.45) is 23.7 Å². The highest BCUT2D eigenvalue weighted by Crippen LogP contribution is 2.43.